The topological polar surface area (TPSA) is 53.4 Å². The lowest BCUT2D eigenvalue weighted by molar-refractivity contribution is -0.225. The highest BCUT2D eigenvalue weighted by Crippen LogP contribution is 2.46. The zero-order valence-corrected chi connectivity index (χ0v) is 13.0. The number of carbonyl (C=O) groups is 1. The molecular weight excluding hydrogens is 302 g/mol. The highest BCUT2D eigenvalue weighted by Gasteiger charge is 2.62. The third-order valence-corrected chi connectivity index (χ3v) is 5.14. The normalized spacial score (nSPS) is 24.7. The first-order valence-corrected chi connectivity index (χ1v) is 8.27. The van der Waals surface area contributed by atoms with Crippen LogP contribution in [0.5, 0.6) is 0 Å². The molecule has 1 aliphatic carbocycles. The maximum Gasteiger partial charge on any atom is 0.352 e. The molecule has 1 aromatic rings. The van der Waals surface area contributed by atoms with E-state index >= 15 is 0 Å². The summed E-state index contributed by atoms with van der Waals surface area (Å²) in [4.78, 5) is 17.8. The average Bonchev–Trinajstić information content (AvgIpc) is 2.78. The Morgan fingerprint density at radius 3 is 2.52 bits per heavy atom. The quantitative estimate of drug-likeness (QED) is 0.929. The van der Waals surface area contributed by atoms with Crippen LogP contribution in [0.4, 0.5) is 8.78 Å². The molecule has 4 nitrogen and oxygen atoms in total. The molecule has 1 N–H and O–H groups in total. The van der Waals surface area contributed by atoms with E-state index in [0.29, 0.717) is 25.8 Å². The molecule has 1 aliphatic heterocycles. The van der Waals surface area contributed by atoms with Crippen molar-refractivity contribution in [1.82, 2.24) is 9.88 Å². The molecular formula is C17H22F2N2O2. The van der Waals surface area contributed by atoms with Gasteiger partial charge in [0.1, 0.15) is 5.60 Å². The van der Waals surface area contributed by atoms with Crippen LogP contribution in [0.1, 0.15) is 56.6 Å². The van der Waals surface area contributed by atoms with Crippen molar-refractivity contribution in [3.8, 4) is 0 Å². The molecule has 1 saturated heterocycles. The van der Waals surface area contributed by atoms with Gasteiger partial charge in [0.05, 0.1) is 6.04 Å². The van der Waals surface area contributed by atoms with Crippen LogP contribution >= 0.6 is 0 Å². The Morgan fingerprint density at radius 2 is 1.91 bits per heavy atom. The van der Waals surface area contributed by atoms with Gasteiger partial charge in [0, 0.05) is 18.9 Å². The summed E-state index contributed by atoms with van der Waals surface area (Å²) in [6.07, 6.45) is 6.91. The molecule has 1 amide bonds. The highest BCUT2D eigenvalue weighted by molar-refractivity contribution is 5.85. The van der Waals surface area contributed by atoms with E-state index in [-0.39, 0.29) is 18.9 Å². The Balaban J connectivity index is 1.89. The van der Waals surface area contributed by atoms with E-state index in [4.69, 9.17) is 0 Å². The van der Waals surface area contributed by atoms with Gasteiger partial charge in [-0.25, -0.2) is 0 Å². The van der Waals surface area contributed by atoms with Crippen LogP contribution in [0.2, 0.25) is 0 Å². The van der Waals surface area contributed by atoms with Gasteiger partial charge in [-0.2, -0.15) is 8.78 Å². The molecule has 0 spiro atoms. The molecule has 0 bridgehead atoms. The largest absolute Gasteiger partial charge is 0.383 e. The molecule has 0 aromatic carbocycles. The molecule has 1 aromatic heterocycles. The summed E-state index contributed by atoms with van der Waals surface area (Å²) >= 11 is 0. The summed E-state index contributed by atoms with van der Waals surface area (Å²) in [5, 5.41) is 10.1. The number of hydrogen-bond acceptors (Lipinski definition) is 3. The fourth-order valence-corrected chi connectivity index (χ4v) is 3.49. The van der Waals surface area contributed by atoms with Gasteiger partial charge in [-0.1, -0.05) is 12.8 Å². The van der Waals surface area contributed by atoms with E-state index in [9.17, 15) is 18.7 Å². The minimum Gasteiger partial charge on any atom is -0.383 e. The predicted molar refractivity (Wildman–Crippen MR) is 80.9 cm³/mol. The molecule has 0 radical (unpaired) electrons. The van der Waals surface area contributed by atoms with Gasteiger partial charge in [-0.3, -0.25) is 9.78 Å². The van der Waals surface area contributed by atoms with Crippen molar-refractivity contribution in [2.75, 3.05) is 6.54 Å². The molecule has 23 heavy (non-hydrogen) atoms. The first-order valence-electron chi connectivity index (χ1n) is 8.27. The molecule has 2 aliphatic rings. The molecule has 1 atom stereocenters. The van der Waals surface area contributed by atoms with Crippen LogP contribution in [0, 0.1) is 0 Å². The second kappa shape index (κ2) is 6.15. The fourth-order valence-electron chi connectivity index (χ4n) is 3.49. The lowest BCUT2D eigenvalue weighted by Gasteiger charge is -2.44. The number of nitrogens with zero attached hydrogens (tertiary/aromatic N) is 2. The molecule has 126 valence electrons. The van der Waals surface area contributed by atoms with Gasteiger partial charge < -0.3 is 10.0 Å². The number of aromatic nitrogens is 1. The first kappa shape index (κ1) is 16.3. The van der Waals surface area contributed by atoms with E-state index in [1.807, 2.05) is 0 Å². The van der Waals surface area contributed by atoms with Gasteiger partial charge in [0.25, 0.3) is 5.91 Å². The monoisotopic (exact) mass is 324 g/mol. The number of likely N-dealkylation sites (tertiary alicyclic amines) is 1. The lowest BCUT2D eigenvalue weighted by atomic mass is 9.74. The number of pyridine rings is 1. The van der Waals surface area contributed by atoms with Crippen molar-refractivity contribution in [2.24, 2.45) is 0 Å². The average molecular weight is 324 g/mol. The Kier molecular flexibility index (Phi) is 4.36. The minimum absolute atomic E-state index is 0.0144. The molecule has 6 heteroatoms. The van der Waals surface area contributed by atoms with Crippen molar-refractivity contribution in [3.63, 3.8) is 0 Å². The number of halogens is 2. The number of rotatable bonds is 3. The summed E-state index contributed by atoms with van der Waals surface area (Å²) in [6, 6.07) is 3.17. The molecule has 1 unspecified atom stereocenters. The van der Waals surface area contributed by atoms with Crippen LogP contribution in [0.15, 0.2) is 24.5 Å². The van der Waals surface area contributed by atoms with E-state index in [1.165, 1.54) is 4.90 Å². The van der Waals surface area contributed by atoms with E-state index in [0.717, 1.165) is 18.4 Å². The molecule has 1 saturated carbocycles. The highest BCUT2D eigenvalue weighted by atomic mass is 19.3. The smallest absolute Gasteiger partial charge is 0.352 e. The Morgan fingerprint density at radius 1 is 1.22 bits per heavy atom. The van der Waals surface area contributed by atoms with Gasteiger partial charge in [-0.05, 0) is 49.8 Å². The zero-order valence-electron chi connectivity index (χ0n) is 13.0. The summed E-state index contributed by atoms with van der Waals surface area (Å²) < 4.78 is 29.2. The molecule has 2 heterocycles. The second-order valence-corrected chi connectivity index (χ2v) is 6.60. The number of aliphatic hydroxyl groups is 1. The summed E-state index contributed by atoms with van der Waals surface area (Å²) in [5.74, 6) is -4.95. The number of carbonyl (C=O) groups excluding carboxylic acids is 1. The first-order chi connectivity index (χ1) is 11.0. The van der Waals surface area contributed by atoms with Crippen LogP contribution in [-0.2, 0) is 4.79 Å². The number of amides is 1. The Bertz CT molecular complexity index is 561. The summed E-state index contributed by atoms with van der Waals surface area (Å²) in [5.41, 5.74) is -1.34. The van der Waals surface area contributed by atoms with Gasteiger partial charge in [0.15, 0.2) is 0 Å². The second-order valence-electron chi connectivity index (χ2n) is 6.60. The third kappa shape index (κ3) is 2.84. The fraction of sp³-hybridized carbons (Fsp3) is 0.647. The van der Waals surface area contributed by atoms with Crippen LogP contribution in [-0.4, -0.2) is 39.0 Å². The van der Waals surface area contributed by atoms with Gasteiger partial charge >= 0.3 is 5.92 Å². The van der Waals surface area contributed by atoms with Crippen molar-refractivity contribution < 1.29 is 18.7 Å². The molecule has 3 rings (SSSR count). The Hall–Kier alpha value is -1.56. The Labute approximate surface area is 134 Å². The van der Waals surface area contributed by atoms with E-state index in [2.05, 4.69) is 4.98 Å². The summed E-state index contributed by atoms with van der Waals surface area (Å²) in [6.45, 7) is 0.303. The standard InChI is InChI=1S/C17H22F2N2O2/c18-17(19,16(23)8-4-9-16)15(22)21-12-3-1-2-5-14(21)13-6-10-20-11-7-13/h6-7,10-11,14,23H,1-5,8-9,12H2. The van der Waals surface area contributed by atoms with Crippen molar-refractivity contribution >= 4 is 5.91 Å². The van der Waals surface area contributed by atoms with Gasteiger partial charge in [-0.15, -0.1) is 0 Å². The maximum absolute atomic E-state index is 14.6. The zero-order chi connectivity index (χ0) is 16.5. The maximum atomic E-state index is 14.6. The van der Waals surface area contributed by atoms with Crippen molar-refractivity contribution in [1.29, 1.82) is 0 Å². The minimum atomic E-state index is -3.72. The van der Waals surface area contributed by atoms with E-state index in [1.54, 1.807) is 24.5 Å². The number of alkyl halides is 2. The SMILES string of the molecule is O=C(N1CCCCCC1c1ccncc1)C(F)(F)C1(O)CCC1. The van der Waals surface area contributed by atoms with Crippen LogP contribution in [0.25, 0.3) is 0 Å². The third-order valence-electron chi connectivity index (χ3n) is 5.14. The van der Waals surface area contributed by atoms with Crippen molar-refractivity contribution in [2.45, 2.75) is 62.5 Å². The predicted octanol–water partition coefficient (Wildman–Crippen LogP) is 3.08. The molecule has 2 fully saturated rings. The summed E-state index contributed by atoms with van der Waals surface area (Å²) in [7, 11) is 0. The van der Waals surface area contributed by atoms with Crippen molar-refractivity contribution in [3.05, 3.63) is 30.1 Å². The lowest BCUT2D eigenvalue weighted by Crippen LogP contribution is -2.61. The van der Waals surface area contributed by atoms with Crippen LogP contribution in [0.3, 0.4) is 0 Å². The van der Waals surface area contributed by atoms with Crippen LogP contribution < -0.4 is 0 Å². The van der Waals surface area contributed by atoms with E-state index < -0.39 is 17.4 Å². The number of hydrogen-bond donors (Lipinski definition) is 1. The van der Waals surface area contributed by atoms with Gasteiger partial charge in [0.2, 0.25) is 0 Å².